The van der Waals surface area contributed by atoms with Crippen LogP contribution in [0.2, 0.25) is 15.1 Å². The lowest BCUT2D eigenvalue weighted by molar-refractivity contribution is 0.978. The first-order chi connectivity index (χ1) is 10.6. The normalized spacial score (nSPS) is 10.9. The van der Waals surface area contributed by atoms with Gasteiger partial charge in [-0.3, -0.25) is 0 Å². The van der Waals surface area contributed by atoms with Crippen LogP contribution in [-0.2, 0) is 0 Å². The molecule has 0 spiro atoms. The summed E-state index contributed by atoms with van der Waals surface area (Å²) in [5, 5.41) is 2.14. The molecule has 0 nitrogen and oxygen atoms in total. The molecule has 0 heterocycles. The van der Waals surface area contributed by atoms with E-state index in [-0.39, 0.29) is 5.92 Å². The first-order valence-electron chi connectivity index (χ1n) is 6.90. The maximum atomic E-state index is 6.17. The van der Waals surface area contributed by atoms with E-state index >= 15 is 0 Å². The van der Waals surface area contributed by atoms with E-state index in [0.29, 0.717) is 15.1 Å². The number of hydrogen-bond acceptors (Lipinski definition) is 0. The van der Waals surface area contributed by atoms with Crippen molar-refractivity contribution < 1.29 is 0 Å². The fraction of sp³-hybridized carbons (Fsp3) is 0.0526. The highest BCUT2D eigenvalue weighted by molar-refractivity contribution is 6.31. The molecule has 0 aliphatic rings. The largest absolute Gasteiger partial charge is 0.0843 e. The number of halogens is 3. The summed E-state index contributed by atoms with van der Waals surface area (Å²) in [6.45, 7) is 0. The smallest absolute Gasteiger partial charge is 0.0409 e. The van der Waals surface area contributed by atoms with Crippen LogP contribution in [-0.4, -0.2) is 0 Å². The lowest BCUT2D eigenvalue weighted by atomic mass is 9.85. The van der Waals surface area contributed by atoms with Crippen molar-refractivity contribution in [1.82, 2.24) is 0 Å². The molecular formula is C19H13Cl3. The highest BCUT2D eigenvalue weighted by Gasteiger charge is 2.17. The Labute approximate surface area is 145 Å². The van der Waals surface area contributed by atoms with Crippen LogP contribution in [0.3, 0.4) is 0 Å². The van der Waals surface area contributed by atoms with Crippen molar-refractivity contribution in [3.8, 4) is 0 Å². The molecule has 0 atom stereocenters. The van der Waals surface area contributed by atoms with Crippen LogP contribution in [0.4, 0.5) is 0 Å². The van der Waals surface area contributed by atoms with E-state index < -0.39 is 0 Å². The molecule has 3 heteroatoms. The minimum absolute atomic E-state index is 0.0381. The summed E-state index contributed by atoms with van der Waals surface area (Å²) in [5.74, 6) is 0.0381. The molecule has 0 unspecified atom stereocenters. The number of rotatable bonds is 3. The fourth-order valence-electron chi connectivity index (χ4n) is 2.64. The Kier molecular flexibility index (Phi) is 4.73. The van der Waals surface area contributed by atoms with Crippen LogP contribution >= 0.6 is 34.8 Å². The van der Waals surface area contributed by atoms with Gasteiger partial charge in [0.25, 0.3) is 0 Å². The number of benzene rings is 3. The molecule has 22 heavy (non-hydrogen) atoms. The van der Waals surface area contributed by atoms with Crippen molar-refractivity contribution in [1.29, 1.82) is 0 Å². The third-order valence-electron chi connectivity index (χ3n) is 3.55. The zero-order valence-electron chi connectivity index (χ0n) is 11.6. The molecule has 0 N–H and O–H groups in total. The molecule has 110 valence electrons. The van der Waals surface area contributed by atoms with Crippen molar-refractivity contribution in [3.63, 3.8) is 0 Å². The van der Waals surface area contributed by atoms with Crippen LogP contribution in [0.1, 0.15) is 22.6 Å². The van der Waals surface area contributed by atoms with Gasteiger partial charge in [0, 0.05) is 21.0 Å². The molecule has 0 fully saturated rings. The number of hydrogen-bond donors (Lipinski definition) is 0. The second kappa shape index (κ2) is 6.75. The van der Waals surface area contributed by atoms with Gasteiger partial charge in [-0.25, -0.2) is 0 Å². The third-order valence-corrected chi connectivity index (χ3v) is 4.25. The maximum absolute atomic E-state index is 6.17. The Balaban J connectivity index is 2.18. The highest BCUT2D eigenvalue weighted by Crippen LogP contribution is 2.35. The summed E-state index contributed by atoms with van der Waals surface area (Å²) in [6.07, 6.45) is 0. The molecule has 0 saturated carbocycles. The van der Waals surface area contributed by atoms with Gasteiger partial charge in [-0.1, -0.05) is 71.2 Å². The molecule has 3 aromatic rings. The molecule has 0 aliphatic heterocycles. The van der Waals surface area contributed by atoms with E-state index in [0.717, 1.165) is 16.7 Å². The standard InChI is InChI=1S/C19H13Cl3/c20-16-7-1-4-13(10-16)19(14-5-2-8-17(21)11-14)15-6-3-9-18(22)12-15/h1-12,19H. The van der Waals surface area contributed by atoms with E-state index in [1.807, 2.05) is 54.6 Å². The van der Waals surface area contributed by atoms with Gasteiger partial charge in [-0.15, -0.1) is 0 Å². The minimum atomic E-state index is 0.0381. The van der Waals surface area contributed by atoms with Gasteiger partial charge in [0.05, 0.1) is 0 Å². The Bertz CT molecular complexity index is 688. The zero-order valence-corrected chi connectivity index (χ0v) is 13.9. The SMILES string of the molecule is Clc1cccc(C(c2cccc(Cl)c2)c2cccc(Cl)c2)c1. The van der Waals surface area contributed by atoms with Crippen LogP contribution in [0.15, 0.2) is 72.8 Å². The summed E-state index contributed by atoms with van der Waals surface area (Å²) in [5.41, 5.74) is 3.33. The van der Waals surface area contributed by atoms with Crippen molar-refractivity contribution in [2.45, 2.75) is 5.92 Å². The summed E-state index contributed by atoms with van der Waals surface area (Å²) in [7, 11) is 0. The van der Waals surface area contributed by atoms with Crippen molar-refractivity contribution >= 4 is 34.8 Å². The quantitative estimate of drug-likeness (QED) is 0.456. The maximum Gasteiger partial charge on any atom is 0.0409 e. The predicted octanol–water partition coefficient (Wildman–Crippen LogP) is 6.83. The van der Waals surface area contributed by atoms with Crippen molar-refractivity contribution in [2.24, 2.45) is 0 Å². The predicted molar refractivity (Wildman–Crippen MR) is 95.3 cm³/mol. The molecule has 0 amide bonds. The van der Waals surface area contributed by atoms with E-state index in [4.69, 9.17) is 34.8 Å². The first kappa shape index (κ1) is 15.4. The molecular weight excluding hydrogens is 335 g/mol. The van der Waals surface area contributed by atoms with Gasteiger partial charge < -0.3 is 0 Å². The van der Waals surface area contributed by atoms with E-state index in [9.17, 15) is 0 Å². The lowest BCUT2D eigenvalue weighted by Gasteiger charge is -2.19. The van der Waals surface area contributed by atoms with Gasteiger partial charge in [-0.05, 0) is 53.1 Å². The molecule has 0 saturated heterocycles. The van der Waals surface area contributed by atoms with Crippen molar-refractivity contribution in [2.75, 3.05) is 0 Å². The Morgan fingerprint density at radius 1 is 0.500 bits per heavy atom. The van der Waals surface area contributed by atoms with Gasteiger partial charge in [0.15, 0.2) is 0 Å². The molecule has 0 bridgehead atoms. The summed E-state index contributed by atoms with van der Waals surface area (Å²) >= 11 is 18.5. The van der Waals surface area contributed by atoms with E-state index in [1.54, 1.807) is 0 Å². The summed E-state index contributed by atoms with van der Waals surface area (Å²) < 4.78 is 0. The Morgan fingerprint density at radius 2 is 0.818 bits per heavy atom. The summed E-state index contributed by atoms with van der Waals surface area (Å²) in [4.78, 5) is 0. The van der Waals surface area contributed by atoms with Crippen LogP contribution in [0.5, 0.6) is 0 Å². The van der Waals surface area contributed by atoms with Gasteiger partial charge in [0.2, 0.25) is 0 Å². The average molecular weight is 348 g/mol. The van der Waals surface area contributed by atoms with E-state index in [1.165, 1.54) is 0 Å². The monoisotopic (exact) mass is 346 g/mol. The van der Waals surface area contributed by atoms with Gasteiger partial charge >= 0.3 is 0 Å². The zero-order chi connectivity index (χ0) is 15.5. The molecule has 0 aromatic heterocycles. The fourth-order valence-corrected chi connectivity index (χ4v) is 3.23. The molecule has 0 aliphatic carbocycles. The van der Waals surface area contributed by atoms with Crippen LogP contribution in [0.25, 0.3) is 0 Å². The molecule has 3 aromatic carbocycles. The first-order valence-corrected chi connectivity index (χ1v) is 8.03. The third kappa shape index (κ3) is 3.47. The van der Waals surface area contributed by atoms with Crippen molar-refractivity contribution in [3.05, 3.63) is 105 Å². The average Bonchev–Trinajstić information content (AvgIpc) is 2.48. The van der Waals surface area contributed by atoms with Crippen LogP contribution < -0.4 is 0 Å². The molecule has 3 rings (SSSR count). The Morgan fingerprint density at radius 3 is 1.09 bits per heavy atom. The lowest BCUT2D eigenvalue weighted by Crippen LogP contribution is -2.03. The topological polar surface area (TPSA) is 0 Å². The second-order valence-corrected chi connectivity index (χ2v) is 6.41. The van der Waals surface area contributed by atoms with Gasteiger partial charge in [0.1, 0.15) is 0 Å². The highest BCUT2D eigenvalue weighted by atomic mass is 35.5. The van der Waals surface area contributed by atoms with Gasteiger partial charge in [-0.2, -0.15) is 0 Å². The van der Waals surface area contributed by atoms with Crippen LogP contribution in [0, 0.1) is 0 Å². The second-order valence-electron chi connectivity index (χ2n) is 5.10. The minimum Gasteiger partial charge on any atom is -0.0843 e. The van der Waals surface area contributed by atoms with E-state index in [2.05, 4.69) is 18.2 Å². The molecule has 0 radical (unpaired) electrons. The Hall–Kier alpha value is -1.47. The summed E-state index contributed by atoms with van der Waals surface area (Å²) in [6, 6.07) is 23.6.